The van der Waals surface area contributed by atoms with E-state index in [1.54, 1.807) is 0 Å². The summed E-state index contributed by atoms with van der Waals surface area (Å²) in [5.74, 6) is 1.65. The standard InChI is InChI=1S/C58H39NO/c1-3-13-40(14-4-1)42-25-27-43(28-26-42)45-31-36-49(37-32-45)59(48-34-29-44(30-35-48)41-15-5-2-6-16-41)55-23-12-24-57-58(55)53-21-10-9-20-52(53)54-39-47(33-38-56(54)60-57)51-22-11-18-46-17-7-8-19-50(46)51/h1-39H. The van der Waals surface area contributed by atoms with Gasteiger partial charge >= 0.3 is 0 Å². The molecule has 1 aliphatic rings. The monoisotopic (exact) mass is 765 g/mol. The van der Waals surface area contributed by atoms with Gasteiger partial charge in [-0.3, -0.25) is 0 Å². The van der Waals surface area contributed by atoms with E-state index in [1.807, 2.05) is 0 Å². The Balaban J connectivity index is 1.04. The molecule has 60 heavy (non-hydrogen) atoms. The smallest absolute Gasteiger partial charge is 0.137 e. The quantitative estimate of drug-likeness (QED) is 0.160. The summed E-state index contributed by atoms with van der Waals surface area (Å²) in [7, 11) is 0. The highest BCUT2D eigenvalue weighted by Crippen LogP contribution is 2.53. The number of nitrogens with zero attached hydrogens (tertiary/aromatic N) is 1. The van der Waals surface area contributed by atoms with Crippen LogP contribution >= 0.6 is 0 Å². The minimum atomic E-state index is 0.817. The SMILES string of the molecule is c1ccc(-c2ccc(-c3ccc(N(c4ccc(-c5ccccc5)cc4)c4cccc5c4-c4ccccc4-c4cc(-c6cccc7ccccc67)ccc4O5)cc3)cc2)cc1. The Labute approximate surface area is 350 Å². The molecule has 0 aromatic heterocycles. The highest BCUT2D eigenvalue weighted by molar-refractivity contribution is 6.02. The number of hydrogen-bond donors (Lipinski definition) is 0. The zero-order chi connectivity index (χ0) is 39.8. The molecule has 10 aromatic carbocycles. The van der Waals surface area contributed by atoms with Crippen molar-refractivity contribution in [2.75, 3.05) is 4.90 Å². The first-order valence-electron chi connectivity index (χ1n) is 20.5. The molecule has 0 fully saturated rings. The largest absolute Gasteiger partial charge is 0.456 e. The van der Waals surface area contributed by atoms with Gasteiger partial charge in [-0.15, -0.1) is 0 Å². The third-order valence-electron chi connectivity index (χ3n) is 11.7. The van der Waals surface area contributed by atoms with Crippen LogP contribution in [0.3, 0.4) is 0 Å². The molecule has 0 amide bonds. The summed E-state index contributed by atoms with van der Waals surface area (Å²) < 4.78 is 6.99. The van der Waals surface area contributed by atoms with Crippen molar-refractivity contribution < 1.29 is 4.74 Å². The second kappa shape index (κ2) is 15.1. The molecule has 11 rings (SSSR count). The van der Waals surface area contributed by atoms with Crippen LogP contribution < -0.4 is 9.64 Å². The number of rotatable bonds is 7. The normalized spacial score (nSPS) is 11.5. The first-order valence-corrected chi connectivity index (χ1v) is 20.5. The molecular formula is C58H39NO. The lowest BCUT2D eigenvalue weighted by atomic mass is 9.90. The molecule has 0 spiro atoms. The Morgan fingerprint density at radius 2 is 0.750 bits per heavy atom. The zero-order valence-electron chi connectivity index (χ0n) is 32.9. The van der Waals surface area contributed by atoms with Crippen molar-refractivity contribution >= 4 is 27.8 Å². The molecule has 0 saturated carbocycles. The van der Waals surface area contributed by atoms with E-state index in [9.17, 15) is 0 Å². The van der Waals surface area contributed by atoms with Crippen LogP contribution in [0.2, 0.25) is 0 Å². The number of ether oxygens (including phenoxy) is 1. The van der Waals surface area contributed by atoms with Gasteiger partial charge in [-0.2, -0.15) is 0 Å². The van der Waals surface area contributed by atoms with Crippen LogP contribution in [-0.4, -0.2) is 0 Å². The molecule has 0 unspecified atom stereocenters. The van der Waals surface area contributed by atoms with Crippen molar-refractivity contribution in [1.29, 1.82) is 0 Å². The predicted octanol–water partition coefficient (Wildman–Crippen LogP) is 16.4. The highest BCUT2D eigenvalue weighted by atomic mass is 16.5. The molecule has 2 heteroatoms. The lowest BCUT2D eigenvalue weighted by Crippen LogP contribution is -2.11. The summed E-state index contributed by atoms with van der Waals surface area (Å²) in [6.45, 7) is 0. The van der Waals surface area contributed by atoms with E-state index in [4.69, 9.17) is 4.74 Å². The third kappa shape index (κ3) is 6.41. The van der Waals surface area contributed by atoms with E-state index < -0.39 is 0 Å². The van der Waals surface area contributed by atoms with Crippen LogP contribution in [0.15, 0.2) is 237 Å². The second-order valence-electron chi connectivity index (χ2n) is 15.3. The summed E-state index contributed by atoms with van der Waals surface area (Å²) in [5, 5.41) is 2.46. The molecule has 0 bridgehead atoms. The molecule has 0 N–H and O–H groups in total. The molecule has 1 heterocycles. The minimum absolute atomic E-state index is 0.817. The van der Waals surface area contributed by atoms with Gasteiger partial charge in [0.05, 0.1) is 5.69 Å². The number of hydrogen-bond acceptors (Lipinski definition) is 2. The Morgan fingerprint density at radius 3 is 1.38 bits per heavy atom. The van der Waals surface area contributed by atoms with Crippen molar-refractivity contribution in [1.82, 2.24) is 0 Å². The molecule has 1 aliphatic heterocycles. The predicted molar refractivity (Wildman–Crippen MR) is 251 cm³/mol. The van der Waals surface area contributed by atoms with Gasteiger partial charge in [-0.05, 0) is 115 Å². The molecule has 10 aromatic rings. The topological polar surface area (TPSA) is 12.5 Å². The molecule has 0 atom stereocenters. The number of benzene rings is 10. The number of anilines is 3. The van der Waals surface area contributed by atoms with Gasteiger partial charge < -0.3 is 9.64 Å². The average Bonchev–Trinajstić information content (AvgIpc) is 3.47. The molecule has 0 aliphatic carbocycles. The lowest BCUT2D eigenvalue weighted by Gasteiger charge is -2.29. The molecule has 282 valence electrons. The van der Waals surface area contributed by atoms with Gasteiger partial charge in [0.15, 0.2) is 0 Å². The van der Waals surface area contributed by atoms with Gasteiger partial charge in [0.2, 0.25) is 0 Å². The van der Waals surface area contributed by atoms with E-state index >= 15 is 0 Å². The number of fused-ring (bicyclic) bond motifs is 6. The van der Waals surface area contributed by atoms with Crippen molar-refractivity contribution in [3.05, 3.63) is 237 Å². The minimum Gasteiger partial charge on any atom is -0.456 e. The van der Waals surface area contributed by atoms with E-state index in [0.29, 0.717) is 0 Å². The fourth-order valence-corrected chi connectivity index (χ4v) is 8.74. The van der Waals surface area contributed by atoms with E-state index in [2.05, 4.69) is 241 Å². The van der Waals surface area contributed by atoms with Gasteiger partial charge in [-0.1, -0.05) is 188 Å². The first kappa shape index (κ1) is 35.2. The Morgan fingerprint density at radius 1 is 0.283 bits per heavy atom. The molecule has 0 radical (unpaired) electrons. The first-order chi connectivity index (χ1) is 29.7. The van der Waals surface area contributed by atoms with Crippen LogP contribution in [0.25, 0.3) is 77.5 Å². The summed E-state index contributed by atoms with van der Waals surface area (Å²) in [6.07, 6.45) is 0. The van der Waals surface area contributed by atoms with E-state index in [1.165, 1.54) is 44.2 Å². The lowest BCUT2D eigenvalue weighted by molar-refractivity contribution is 0.488. The summed E-state index contributed by atoms with van der Waals surface area (Å²) in [6, 6.07) is 84.7. The fraction of sp³-hybridized carbons (Fsp3) is 0. The Bertz CT molecular complexity index is 3130. The van der Waals surface area contributed by atoms with Crippen LogP contribution in [0.5, 0.6) is 11.5 Å². The maximum absolute atomic E-state index is 6.99. The van der Waals surface area contributed by atoms with E-state index in [-0.39, 0.29) is 0 Å². The Hall–Kier alpha value is -7.94. The van der Waals surface area contributed by atoms with Crippen molar-refractivity contribution in [2.45, 2.75) is 0 Å². The fourth-order valence-electron chi connectivity index (χ4n) is 8.74. The van der Waals surface area contributed by atoms with Crippen LogP contribution in [0, 0.1) is 0 Å². The van der Waals surface area contributed by atoms with Crippen LogP contribution in [0.1, 0.15) is 0 Å². The van der Waals surface area contributed by atoms with Gasteiger partial charge in [0, 0.05) is 22.5 Å². The van der Waals surface area contributed by atoms with Crippen LogP contribution in [0.4, 0.5) is 17.1 Å². The average molecular weight is 766 g/mol. The molecular weight excluding hydrogens is 727 g/mol. The maximum atomic E-state index is 6.99. The van der Waals surface area contributed by atoms with Crippen molar-refractivity contribution in [3.8, 4) is 78.3 Å². The van der Waals surface area contributed by atoms with Crippen molar-refractivity contribution in [2.24, 2.45) is 0 Å². The summed E-state index contributed by atoms with van der Waals surface area (Å²) >= 11 is 0. The van der Waals surface area contributed by atoms with Crippen molar-refractivity contribution in [3.63, 3.8) is 0 Å². The zero-order valence-corrected chi connectivity index (χ0v) is 32.9. The maximum Gasteiger partial charge on any atom is 0.137 e. The van der Waals surface area contributed by atoms with Crippen LogP contribution in [-0.2, 0) is 0 Å². The third-order valence-corrected chi connectivity index (χ3v) is 11.7. The van der Waals surface area contributed by atoms with Gasteiger partial charge in [0.1, 0.15) is 11.5 Å². The molecule has 0 saturated heterocycles. The Kier molecular flexibility index (Phi) is 8.87. The molecule has 2 nitrogen and oxygen atoms in total. The van der Waals surface area contributed by atoms with Gasteiger partial charge in [0.25, 0.3) is 0 Å². The highest BCUT2D eigenvalue weighted by Gasteiger charge is 2.27. The second-order valence-corrected chi connectivity index (χ2v) is 15.3. The summed E-state index contributed by atoms with van der Waals surface area (Å²) in [4.78, 5) is 2.37. The van der Waals surface area contributed by atoms with Gasteiger partial charge in [-0.25, -0.2) is 0 Å². The van der Waals surface area contributed by atoms with E-state index in [0.717, 1.165) is 61.9 Å². The summed E-state index contributed by atoms with van der Waals surface area (Å²) in [5.41, 5.74) is 17.0.